The molecule has 128 valence electrons. The fourth-order valence-corrected chi connectivity index (χ4v) is 2.75. The van der Waals surface area contributed by atoms with E-state index in [9.17, 15) is 4.79 Å². The van der Waals surface area contributed by atoms with E-state index in [-0.39, 0.29) is 5.91 Å². The Kier molecular flexibility index (Phi) is 4.84. The van der Waals surface area contributed by atoms with Crippen LogP contribution < -0.4 is 10.1 Å². The smallest absolute Gasteiger partial charge is 0.246 e. The monoisotopic (exact) mass is 335 g/mol. The molecule has 5 heteroatoms. The van der Waals surface area contributed by atoms with Crippen LogP contribution in [0.25, 0.3) is 11.0 Å². The van der Waals surface area contributed by atoms with E-state index in [0.717, 1.165) is 28.2 Å². The molecule has 3 aromatic rings. The molecular weight excluding hydrogens is 314 g/mol. The molecule has 1 heterocycles. The average Bonchev–Trinajstić information content (AvgIpc) is 2.97. The normalized spacial score (nSPS) is 10.6. The lowest BCUT2D eigenvalue weighted by atomic mass is 10.2. The SMILES string of the molecule is C=C(C)C(=O)NCc1nc2ccccc2n1Cc1ccccc1OC. The topological polar surface area (TPSA) is 56.2 Å². The number of nitrogens with one attached hydrogen (secondary N) is 1. The third-order valence-corrected chi connectivity index (χ3v) is 4.05. The van der Waals surface area contributed by atoms with Crippen LogP contribution in [0.15, 0.2) is 60.7 Å². The van der Waals surface area contributed by atoms with Crippen LogP contribution in [-0.4, -0.2) is 22.6 Å². The Hall–Kier alpha value is -3.08. The second-order valence-corrected chi connectivity index (χ2v) is 5.88. The molecule has 1 aromatic heterocycles. The zero-order valence-corrected chi connectivity index (χ0v) is 14.5. The number of imidazole rings is 1. The summed E-state index contributed by atoms with van der Waals surface area (Å²) in [5.74, 6) is 1.45. The van der Waals surface area contributed by atoms with Crippen molar-refractivity contribution in [3.8, 4) is 5.75 Å². The van der Waals surface area contributed by atoms with Gasteiger partial charge in [0.2, 0.25) is 5.91 Å². The molecule has 0 unspecified atom stereocenters. The summed E-state index contributed by atoms with van der Waals surface area (Å²) < 4.78 is 7.56. The molecule has 1 N–H and O–H groups in total. The molecule has 0 spiro atoms. The van der Waals surface area contributed by atoms with Crippen molar-refractivity contribution >= 4 is 16.9 Å². The van der Waals surface area contributed by atoms with Crippen molar-refractivity contribution in [1.82, 2.24) is 14.9 Å². The molecule has 0 saturated heterocycles. The number of amides is 1. The molecule has 25 heavy (non-hydrogen) atoms. The van der Waals surface area contributed by atoms with E-state index in [1.807, 2.05) is 48.5 Å². The molecule has 0 fully saturated rings. The number of hydrogen-bond acceptors (Lipinski definition) is 3. The van der Waals surface area contributed by atoms with Crippen molar-refractivity contribution in [3.63, 3.8) is 0 Å². The van der Waals surface area contributed by atoms with E-state index in [1.165, 1.54) is 0 Å². The first-order valence-electron chi connectivity index (χ1n) is 8.10. The molecule has 2 aromatic carbocycles. The number of carbonyl (C=O) groups excluding carboxylic acids is 1. The van der Waals surface area contributed by atoms with E-state index in [0.29, 0.717) is 18.7 Å². The third-order valence-electron chi connectivity index (χ3n) is 4.05. The number of methoxy groups -OCH3 is 1. The molecule has 0 atom stereocenters. The highest BCUT2D eigenvalue weighted by molar-refractivity contribution is 5.92. The molecule has 0 aliphatic rings. The van der Waals surface area contributed by atoms with Gasteiger partial charge in [-0.1, -0.05) is 36.9 Å². The summed E-state index contributed by atoms with van der Waals surface area (Å²) >= 11 is 0. The second kappa shape index (κ2) is 7.21. The summed E-state index contributed by atoms with van der Waals surface area (Å²) in [6, 6.07) is 15.8. The number of para-hydroxylation sites is 3. The van der Waals surface area contributed by atoms with E-state index in [1.54, 1.807) is 14.0 Å². The molecular formula is C20H21N3O2. The number of benzene rings is 2. The summed E-state index contributed by atoms with van der Waals surface area (Å²) in [5, 5.41) is 2.86. The van der Waals surface area contributed by atoms with Gasteiger partial charge in [-0.15, -0.1) is 0 Å². The van der Waals surface area contributed by atoms with Gasteiger partial charge >= 0.3 is 0 Å². The number of ether oxygens (including phenoxy) is 1. The van der Waals surface area contributed by atoms with Gasteiger partial charge in [-0.2, -0.15) is 0 Å². The number of nitrogens with zero attached hydrogens (tertiary/aromatic N) is 2. The quantitative estimate of drug-likeness (QED) is 0.703. The summed E-state index contributed by atoms with van der Waals surface area (Å²) in [7, 11) is 1.67. The van der Waals surface area contributed by atoms with Crippen molar-refractivity contribution < 1.29 is 9.53 Å². The zero-order chi connectivity index (χ0) is 17.8. The highest BCUT2D eigenvalue weighted by Crippen LogP contribution is 2.23. The van der Waals surface area contributed by atoms with Crippen LogP contribution in [0.5, 0.6) is 5.75 Å². The number of aromatic nitrogens is 2. The Balaban J connectivity index is 1.98. The zero-order valence-electron chi connectivity index (χ0n) is 14.5. The van der Waals surface area contributed by atoms with Crippen LogP contribution in [0, 0.1) is 0 Å². The van der Waals surface area contributed by atoms with E-state index < -0.39 is 0 Å². The Labute approximate surface area is 146 Å². The molecule has 0 radical (unpaired) electrons. The van der Waals surface area contributed by atoms with Crippen LogP contribution in [-0.2, 0) is 17.9 Å². The summed E-state index contributed by atoms with van der Waals surface area (Å²) in [4.78, 5) is 16.5. The molecule has 0 saturated carbocycles. The van der Waals surface area contributed by atoms with Crippen LogP contribution in [0.4, 0.5) is 0 Å². The Morgan fingerprint density at radius 1 is 1.20 bits per heavy atom. The minimum Gasteiger partial charge on any atom is -0.496 e. The van der Waals surface area contributed by atoms with Gasteiger partial charge in [0.05, 0.1) is 31.2 Å². The van der Waals surface area contributed by atoms with Crippen molar-refractivity contribution in [3.05, 3.63) is 72.1 Å². The molecule has 3 rings (SSSR count). The molecule has 1 amide bonds. The highest BCUT2D eigenvalue weighted by atomic mass is 16.5. The summed E-state index contributed by atoms with van der Waals surface area (Å²) in [6.45, 7) is 6.31. The molecule has 0 bridgehead atoms. The molecule has 5 nitrogen and oxygen atoms in total. The Bertz CT molecular complexity index is 928. The molecule has 0 aliphatic carbocycles. The van der Waals surface area contributed by atoms with Gasteiger partial charge in [0.15, 0.2) is 0 Å². The number of hydrogen-bond donors (Lipinski definition) is 1. The fourth-order valence-electron chi connectivity index (χ4n) is 2.75. The van der Waals surface area contributed by atoms with Crippen molar-refractivity contribution in [2.45, 2.75) is 20.0 Å². The number of rotatable bonds is 6. The second-order valence-electron chi connectivity index (χ2n) is 5.88. The van der Waals surface area contributed by atoms with Gasteiger partial charge < -0.3 is 14.6 Å². The van der Waals surface area contributed by atoms with Gasteiger partial charge in [0.1, 0.15) is 11.6 Å². The van der Waals surface area contributed by atoms with Crippen molar-refractivity contribution in [2.24, 2.45) is 0 Å². The maximum atomic E-state index is 11.8. The maximum Gasteiger partial charge on any atom is 0.246 e. The first-order valence-corrected chi connectivity index (χ1v) is 8.10. The first kappa shape index (κ1) is 16.8. The van der Waals surface area contributed by atoms with Gasteiger partial charge in [0.25, 0.3) is 0 Å². The largest absolute Gasteiger partial charge is 0.496 e. The predicted molar refractivity (Wildman–Crippen MR) is 98.5 cm³/mol. The highest BCUT2D eigenvalue weighted by Gasteiger charge is 2.13. The summed E-state index contributed by atoms with van der Waals surface area (Å²) in [6.07, 6.45) is 0. The predicted octanol–water partition coefficient (Wildman–Crippen LogP) is 3.29. The van der Waals surface area contributed by atoms with Gasteiger partial charge in [-0.25, -0.2) is 4.98 Å². The third kappa shape index (κ3) is 3.55. The summed E-state index contributed by atoms with van der Waals surface area (Å²) in [5.41, 5.74) is 3.46. The van der Waals surface area contributed by atoms with E-state index >= 15 is 0 Å². The molecule has 0 aliphatic heterocycles. The van der Waals surface area contributed by atoms with Crippen LogP contribution in [0.3, 0.4) is 0 Å². The Morgan fingerprint density at radius 3 is 2.68 bits per heavy atom. The number of carbonyl (C=O) groups is 1. The van der Waals surface area contributed by atoms with E-state index in [4.69, 9.17) is 4.74 Å². The van der Waals surface area contributed by atoms with Crippen molar-refractivity contribution in [2.75, 3.05) is 7.11 Å². The van der Waals surface area contributed by atoms with Crippen LogP contribution in [0.2, 0.25) is 0 Å². The first-order chi connectivity index (χ1) is 12.1. The van der Waals surface area contributed by atoms with Crippen molar-refractivity contribution in [1.29, 1.82) is 0 Å². The van der Waals surface area contributed by atoms with Gasteiger partial charge in [-0.3, -0.25) is 4.79 Å². The van der Waals surface area contributed by atoms with Gasteiger partial charge in [-0.05, 0) is 25.1 Å². The number of fused-ring (bicyclic) bond motifs is 1. The lowest BCUT2D eigenvalue weighted by Gasteiger charge is -2.13. The lowest BCUT2D eigenvalue weighted by molar-refractivity contribution is -0.117. The van der Waals surface area contributed by atoms with Crippen LogP contribution in [0.1, 0.15) is 18.3 Å². The van der Waals surface area contributed by atoms with E-state index in [2.05, 4.69) is 21.4 Å². The standard InChI is InChI=1S/C20H21N3O2/c1-14(2)20(24)21-12-19-22-16-9-5-6-10-17(16)23(19)13-15-8-4-7-11-18(15)25-3/h4-11H,1,12-13H2,2-3H3,(H,21,24). The van der Waals surface area contributed by atoms with Gasteiger partial charge in [0, 0.05) is 11.1 Å². The lowest BCUT2D eigenvalue weighted by Crippen LogP contribution is -2.25. The minimum atomic E-state index is -0.170. The van der Waals surface area contributed by atoms with Crippen LogP contribution >= 0.6 is 0 Å². The fraction of sp³-hybridized carbons (Fsp3) is 0.200. The average molecular weight is 335 g/mol. The maximum absolute atomic E-state index is 11.8. The Morgan fingerprint density at radius 2 is 1.92 bits per heavy atom. The minimum absolute atomic E-state index is 0.170.